The number of amides is 3. The second kappa shape index (κ2) is 8.65. The van der Waals surface area contributed by atoms with Crippen LogP contribution in [0.4, 0.5) is 5.69 Å². The Morgan fingerprint density at radius 3 is 2.72 bits per heavy atom. The van der Waals surface area contributed by atoms with Gasteiger partial charge in [0, 0.05) is 19.7 Å². The molecule has 5 atom stereocenters. The Labute approximate surface area is 192 Å². The van der Waals surface area contributed by atoms with Gasteiger partial charge in [-0.3, -0.25) is 14.4 Å². The van der Waals surface area contributed by atoms with Crippen LogP contribution in [-0.2, 0) is 19.1 Å². The van der Waals surface area contributed by atoms with E-state index in [9.17, 15) is 19.5 Å². The molecule has 3 fully saturated rings. The van der Waals surface area contributed by atoms with E-state index in [0.29, 0.717) is 36.5 Å². The van der Waals surface area contributed by atoms with Crippen molar-refractivity contribution in [2.45, 2.75) is 56.8 Å². The van der Waals surface area contributed by atoms with Crippen LogP contribution in [0.3, 0.4) is 0 Å². The minimum atomic E-state index is -1.08. The summed E-state index contributed by atoms with van der Waals surface area (Å²) in [7, 11) is 0. The van der Waals surface area contributed by atoms with Crippen LogP contribution >= 0.6 is 11.6 Å². The van der Waals surface area contributed by atoms with Gasteiger partial charge in [-0.25, -0.2) is 0 Å². The molecule has 3 saturated heterocycles. The summed E-state index contributed by atoms with van der Waals surface area (Å²) in [5.74, 6) is -2.27. The van der Waals surface area contributed by atoms with Crippen molar-refractivity contribution < 1.29 is 24.2 Å². The van der Waals surface area contributed by atoms with Gasteiger partial charge in [-0.2, -0.15) is 0 Å². The number of nitrogens with one attached hydrogen (secondary N) is 2. The number of halogens is 1. The average Bonchev–Trinajstić information content (AvgIpc) is 3.33. The predicted molar refractivity (Wildman–Crippen MR) is 119 cm³/mol. The van der Waals surface area contributed by atoms with Crippen LogP contribution in [0, 0.1) is 11.8 Å². The molecule has 32 heavy (non-hydrogen) atoms. The predicted octanol–water partition coefficient (Wildman–Crippen LogP) is 1.95. The zero-order valence-corrected chi connectivity index (χ0v) is 19.2. The summed E-state index contributed by atoms with van der Waals surface area (Å²) < 4.78 is 6.49. The number of ether oxygens (including phenoxy) is 1. The molecule has 8 nitrogen and oxygen atoms in total. The van der Waals surface area contributed by atoms with E-state index in [2.05, 4.69) is 10.6 Å². The van der Waals surface area contributed by atoms with Gasteiger partial charge in [-0.05, 0) is 44.7 Å². The van der Waals surface area contributed by atoms with Crippen LogP contribution in [0.1, 0.15) is 39.5 Å². The summed E-state index contributed by atoms with van der Waals surface area (Å²) in [6.45, 7) is 4.44. The number of hydrogen-bond acceptors (Lipinski definition) is 5. The van der Waals surface area contributed by atoms with Gasteiger partial charge < -0.3 is 25.4 Å². The number of aliphatic hydroxyl groups is 1. The molecule has 1 aromatic carbocycles. The fourth-order valence-electron chi connectivity index (χ4n) is 5.73. The van der Waals surface area contributed by atoms with Gasteiger partial charge in [0.1, 0.15) is 11.6 Å². The average molecular weight is 464 g/mol. The minimum Gasteiger partial charge on any atom is -0.396 e. The van der Waals surface area contributed by atoms with Crippen molar-refractivity contribution in [2.75, 3.05) is 25.0 Å². The lowest BCUT2D eigenvalue weighted by Gasteiger charge is -2.33. The van der Waals surface area contributed by atoms with E-state index < -0.39 is 35.0 Å². The van der Waals surface area contributed by atoms with Crippen molar-refractivity contribution in [3.05, 3.63) is 29.3 Å². The lowest BCUT2D eigenvalue weighted by molar-refractivity contribution is -0.144. The van der Waals surface area contributed by atoms with Crippen LogP contribution in [0.15, 0.2) is 24.3 Å². The number of anilines is 1. The van der Waals surface area contributed by atoms with Gasteiger partial charge in [0.15, 0.2) is 0 Å². The van der Waals surface area contributed by atoms with Gasteiger partial charge in [0.05, 0.1) is 28.1 Å². The molecule has 1 spiro atoms. The number of hydrogen-bond donors (Lipinski definition) is 3. The summed E-state index contributed by atoms with van der Waals surface area (Å²) in [6, 6.07) is 5.99. The van der Waals surface area contributed by atoms with Crippen LogP contribution < -0.4 is 10.6 Å². The van der Waals surface area contributed by atoms with Gasteiger partial charge in [0.25, 0.3) is 0 Å². The molecule has 174 valence electrons. The molecule has 2 bridgehead atoms. The molecule has 0 saturated carbocycles. The summed E-state index contributed by atoms with van der Waals surface area (Å²) in [5, 5.41) is 15.5. The van der Waals surface area contributed by atoms with E-state index in [4.69, 9.17) is 16.3 Å². The monoisotopic (exact) mass is 463 g/mol. The number of carbonyl (C=O) groups excluding carboxylic acids is 3. The first-order valence-corrected chi connectivity index (χ1v) is 11.6. The van der Waals surface area contributed by atoms with E-state index in [1.807, 2.05) is 13.8 Å². The number of carbonyl (C=O) groups is 3. The van der Waals surface area contributed by atoms with Crippen LogP contribution in [0.25, 0.3) is 0 Å². The maximum atomic E-state index is 13.6. The number of aliphatic hydroxyl groups excluding tert-OH is 1. The highest BCUT2D eigenvalue weighted by Gasteiger charge is 2.77. The number of fused-ring (bicyclic) bond motifs is 1. The topological polar surface area (TPSA) is 108 Å². The first kappa shape index (κ1) is 23.0. The molecular formula is C23H30ClN3O5. The standard InChI is InChI=1S/C23H30ClN3O5/c1-3-11-25-19(29)16-17-21(31)27(12-6-13-28)18(23(17)10-9-22(16,2)32-23)20(30)26-15-8-5-4-7-14(15)24/h4-5,7-8,16-18,28H,3,6,9-13H2,1-2H3,(H,25,29)(H,26,30)/t16-,17-,18?,22+,23?/m0/s1. The van der Waals surface area contributed by atoms with Crippen molar-refractivity contribution in [3.8, 4) is 0 Å². The molecule has 0 aromatic heterocycles. The zero-order valence-electron chi connectivity index (χ0n) is 18.4. The molecular weight excluding hydrogens is 434 g/mol. The Bertz CT molecular complexity index is 927. The first-order valence-electron chi connectivity index (χ1n) is 11.2. The Kier molecular flexibility index (Phi) is 6.22. The Hall–Kier alpha value is -2.16. The first-order chi connectivity index (χ1) is 15.3. The summed E-state index contributed by atoms with van der Waals surface area (Å²) in [5.41, 5.74) is -1.44. The normalized spacial score (nSPS) is 32.8. The van der Waals surface area contributed by atoms with E-state index in [1.54, 1.807) is 24.3 Å². The second-order valence-electron chi connectivity index (χ2n) is 9.10. The number of likely N-dealkylation sites (tertiary alicyclic amines) is 1. The highest BCUT2D eigenvalue weighted by molar-refractivity contribution is 6.33. The number of para-hydroxylation sites is 1. The number of nitrogens with zero attached hydrogens (tertiary/aromatic N) is 1. The van der Waals surface area contributed by atoms with E-state index in [1.165, 1.54) is 4.90 Å². The fraction of sp³-hybridized carbons (Fsp3) is 0.609. The van der Waals surface area contributed by atoms with Gasteiger partial charge >= 0.3 is 0 Å². The van der Waals surface area contributed by atoms with Crippen molar-refractivity contribution in [2.24, 2.45) is 11.8 Å². The quantitative estimate of drug-likeness (QED) is 0.546. The fourth-order valence-corrected chi connectivity index (χ4v) is 5.91. The Morgan fingerprint density at radius 1 is 1.28 bits per heavy atom. The maximum absolute atomic E-state index is 13.6. The van der Waals surface area contributed by atoms with Crippen molar-refractivity contribution in [1.29, 1.82) is 0 Å². The number of benzene rings is 1. The highest BCUT2D eigenvalue weighted by atomic mass is 35.5. The van der Waals surface area contributed by atoms with Crippen LogP contribution in [-0.4, -0.2) is 64.7 Å². The highest BCUT2D eigenvalue weighted by Crippen LogP contribution is 2.63. The number of rotatable bonds is 8. The Balaban J connectivity index is 1.70. The molecule has 3 N–H and O–H groups in total. The molecule has 3 amide bonds. The molecule has 3 aliphatic rings. The van der Waals surface area contributed by atoms with Crippen molar-refractivity contribution in [3.63, 3.8) is 0 Å². The van der Waals surface area contributed by atoms with E-state index >= 15 is 0 Å². The van der Waals surface area contributed by atoms with Gasteiger partial charge in [-0.15, -0.1) is 0 Å². The maximum Gasteiger partial charge on any atom is 0.250 e. The third kappa shape index (κ3) is 3.49. The Morgan fingerprint density at radius 2 is 2.03 bits per heavy atom. The smallest absolute Gasteiger partial charge is 0.250 e. The zero-order chi connectivity index (χ0) is 23.1. The summed E-state index contributed by atoms with van der Waals surface area (Å²) in [4.78, 5) is 41.8. The third-order valence-corrected chi connectivity index (χ3v) is 7.38. The molecule has 2 unspecified atom stereocenters. The lowest BCUT2D eigenvalue weighted by Crippen LogP contribution is -2.53. The van der Waals surface area contributed by atoms with E-state index in [-0.39, 0.29) is 25.0 Å². The molecule has 9 heteroatoms. The molecule has 4 rings (SSSR count). The summed E-state index contributed by atoms with van der Waals surface area (Å²) >= 11 is 6.23. The van der Waals surface area contributed by atoms with Gasteiger partial charge in [0.2, 0.25) is 17.7 Å². The SMILES string of the molecule is CCCNC(=O)[C@@H]1[C@H]2C(=O)N(CCCO)C(C(=O)Nc3ccccc3Cl)C23CC[C@@]1(C)O3. The van der Waals surface area contributed by atoms with Crippen molar-refractivity contribution >= 4 is 35.0 Å². The molecule has 3 aliphatic heterocycles. The molecule has 0 aliphatic carbocycles. The molecule has 3 heterocycles. The van der Waals surface area contributed by atoms with Crippen LogP contribution in [0.5, 0.6) is 0 Å². The third-order valence-electron chi connectivity index (χ3n) is 7.05. The van der Waals surface area contributed by atoms with Gasteiger partial charge in [-0.1, -0.05) is 30.7 Å². The van der Waals surface area contributed by atoms with Crippen molar-refractivity contribution in [1.82, 2.24) is 10.2 Å². The molecule has 1 aromatic rings. The largest absolute Gasteiger partial charge is 0.396 e. The second-order valence-corrected chi connectivity index (χ2v) is 9.50. The molecule has 0 radical (unpaired) electrons. The minimum absolute atomic E-state index is 0.112. The van der Waals surface area contributed by atoms with Crippen LogP contribution in [0.2, 0.25) is 5.02 Å². The summed E-state index contributed by atoms with van der Waals surface area (Å²) in [6.07, 6.45) is 2.21. The lowest BCUT2D eigenvalue weighted by atomic mass is 9.66. The van der Waals surface area contributed by atoms with E-state index in [0.717, 1.165) is 6.42 Å².